The monoisotopic (exact) mass is 372 g/mol. The van der Waals surface area contributed by atoms with Crippen molar-refractivity contribution in [3.63, 3.8) is 0 Å². The molecule has 0 aromatic heterocycles. The average Bonchev–Trinajstić information content (AvgIpc) is 2.63. The summed E-state index contributed by atoms with van der Waals surface area (Å²) in [4.78, 5) is 12.7. The van der Waals surface area contributed by atoms with E-state index < -0.39 is 0 Å². The van der Waals surface area contributed by atoms with Crippen molar-refractivity contribution in [2.75, 3.05) is 26.7 Å². The van der Waals surface area contributed by atoms with Gasteiger partial charge in [-0.15, -0.1) is 0 Å². The Labute approximate surface area is 159 Å². The van der Waals surface area contributed by atoms with Crippen LogP contribution in [0.5, 0.6) is 5.75 Å². The summed E-state index contributed by atoms with van der Waals surface area (Å²) in [6.45, 7) is 2.13. The summed E-state index contributed by atoms with van der Waals surface area (Å²) in [5, 5.41) is 7.08. The lowest BCUT2D eigenvalue weighted by Crippen LogP contribution is -2.62. The van der Waals surface area contributed by atoms with E-state index in [1.807, 2.05) is 36.4 Å². The van der Waals surface area contributed by atoms with Crippen LogP contribution in [0.15, 0.2) is 48.5 Å². The fourth-order valence-electron chi connectivity index (χ4n) is 3.26. The molecule has 1 saturated heterocycles. The van der Waals surface area contributed by atoms with Gasteiger partial charge in [0.15, 0.2) is 0 Å². The van der Waals surface area contributed by atoms with Gasteiger partial charge in [-0.25, -0.2) is 0 Å². The predicted molar refractivity (Wildman–Crippen MR) is 105 cm³/mol. The highest BCUT2D eigenvalue weighted by atomic mass is 35.5. The second-order valence-electron chi connectivity index (χ2n) is 6.89. The zero-order valence-electron chi connectivity index (χ0n) is 15.1. The summed E-state index contributed by atoms with van der Waals surface area (Å²) < 4.78 is 5.17. The molecule has 0 radical (unpaired) electrons. The highest BCUT2D eigenvalue weighted by Gasteiger charge is 2.43. The normalized spacial score (nSPS) is 15.2. The number of ether oxygens (including phenoxy) is 1. The summed E-state index contributed by atoms with van der Waals surface area (Å²) in [7, 11) is 1.67. The number of carbonyl (C=O) groups excluding carboxylic acids is 1. The molecule has 2 N–H and O–H groups in total. The molecule has 0 saturated carbocycles. The Bertz CT molecular complexity index is 725. The molecule has 0 unspecified atom stereocenters. The van der Waals surface area contributed by atoms with E-state index in [1.165, 1.54) is 5.56 Å². The van der Waals surface area contributed by atoms with Gasteiger partial charge in [-0.2, -0.15) is 0 Å². The van der Waals surface area contributed by atoms with Crippen LogP contribution in [-0.4, -0.2) is 32.7 Å². The lowest BCUT2D eigenvalue weighted by atomic mass is 9.75. The van der Waals surface area contributed by atoms with Crippen LogP contribution in [0.3, 0.4) is 0 Å². The smallest absolute Gasteiger partial charge is 0.229 e. The van der Waals surface area contributed by atoms with Crippen molar-refractivity contribution in [1.29, 1.82) is 0 Å². The van der Waals surface area contributed by atoms with Crippen LogP contribution >= 0.6 is 11.6 Å². The zero-order valence-corrected chi connectivity index (χ0v) is 15.8. The van der Waals surface area contributed by atoms with Crippen LogP contribution in [0, 0.1) is 5.41 Å². The predicted octanol–water partition coefficient (Wildman–Crippen LogP) is 3.23. The molecule has 2 aromatic carbocycles. The maximum Gasteiger partial charge on any atom is 0.229 e. The van der Waals surface area contributed by atoms with Gasteiger partial charge in [0.2, 0.25) is 5.91 Å². The minimum atomic E-state index is -0.339. The Hall–Kier alpha value is -2.04. The van der Waals surface area contributed by atoms with Crippen molar-refractivity contribution in [2.24, 2.45) is 5.41 Å². The first-order chi connectivity index (χ1) is 12.6. The van der Waals surface area contributed by atoms with Crippen LogP contribution in [0.4, 0.5) is 0 Å². The van der Waals surface area contributed by atoms with Crippen molar-refractivity contribution in [3.8, 4) is 5.75 Å². The molecule has 0 aliphatic carbocycles. The zero-order chi connectivity index (χ0) is 18.4. The minimum absolute atomic E-state index is 0.140. The SMILES string of the molecule is COc1ccc(CCCNC(=O)C2(Cc3ccc(Cl)cc3)CNC2)cc1. The third kappa shape index (κ3) is 4.57. The number of halogens is 1. The minimum Gasteiger partial charge on any atom is -0.497 e. The first kappa shape index (κ1) is 18.7. The Balaban J connectivity index is 1.47. The molecule has 1 aliphatic heterocycles. The molecule has 1 heterocycles. The molecule has 1 fully saturated rings. The molecule has 0 spiro atoms. The largest absolute Gasteiger partial charge is 0.497 e. The van der Waals surface area contributed by atoms with E-state index in [4.69, 9.17) is 16.3 Å². The molecule has 26 heavy (non-hydrogen) atoms. The van der Waals surface area contributed by atoms with Crippen LogP contribution in [-0.2, 0) is 17.6 Å². The van der Waals surface area contributed by atoms with E-state index in [9.17, 15) is 4.79 Å². The number of carbonyl (C=O) groups is 1. The molecule has 4 nitrogen and oxygen atoms in total. The Morgan fingerprint density at radius 3 is 2.35 bits per heavy atom. The van der Waals surface area contributed by atoms with Crippen molar-refractivity contribution in [1.82, 2.24) is 10.6 Å². The fraction of sp³-hybridized carbons (Fsp3) is 0.381. The number of nitrogens with one attached hydrogen (secondary N) is 2. The van der Waals surface area contributed by atoms with Gasteiger partial charge in [0.05, 0.1) is 12.5 Å². The van der Waals surface area contributed by atoms with Crippen LogP contribution < -0.4 is 15.4 Å². The lowest BCUT2D eigenvalue weighted by molar-refractivity contribution is -0.133. The van der Waals surface area contributed by atoms with Gasteiger partial charge in [-0.3, -0.25) is 4.79 Å². The number of aryl methyl sites for hydroxylation is 1. The second kappa shape index (κ2) is 8.56. The number of hydrogen-bond acceptors (Lipinski definition) is 3. The van der Waals surface area contributed by atoms with E-state index in [2.05, 4.69) is 22.8 Å². The Morgan fingerprint density at radius 2 is 1.77 bits per heavy atom. The second-order valence-corrected chi connectivity index (χ2v) is 7.33. The molecular formula is C21H25ClN2O2. The summed E-state index contributed by atoms with van der Waals surface area (Å²) in [6, 6.07) is 15.8. The number of amides is 1. The number of methoxy groups -OCH3 is 1. The standard InChI is InChI=1S/C21H25ClN2O2/c1-26-19-10-6-16(7-11-19)3-2-12-24-20(25)21(14-23-15-21)13-17-4-8-18(22)9-5-17/h4-11,23H,2-3,12-15H2,1H3,(H,24,25). The Kier molecular flexibility index (Phi) is 6.17. The topological polar surface area (TPSA) is 50.4 Å². The van der Waals surface area contributed by atoms with Crippen molar-refractivity contribution >= 4 is 17.5 Å². The van der Waals surface area contributed by atoms with E-state index in [0.29, 0.717) is 6.54 Å². The quantitative estimate of drug-likeness (QED) is 0.699. The first-order valence-electron chi connectivity index (χ1n) is 8.98. The van der Waals surface area contributed by atoms with Crippen molar-refractivity contribution in [2.45, 2.75) is 19.3 Å². The molecule has 1 aliphatic rings. The van der Waals surface area contributed by atoms with Gasteiger partial charge in [-0.1, -0.05) is 35.9 Å². The Morgan fingerprint density at radius 1 is 1.12 bits per heavy atom. The van der Waals surface area contributed by atoms with Gasteiger partial charge in [-0.05, 0) is 54.7 Å². The summed E-state index contributed by atoms with van der Waals surface area (Å²) in [6.07, 6.45) is 2.59. The molecule has 0 atom stereocenters. The highest BCUT2D eigenvalue weighted by molar-refractivity contribution is 6.30. The highest BCUT2D eigenvalue weighted by Crippen LogP contribution is 2.28. The molecule has 1 amide bonds. The maximum absolute atomic E-state index is 12.7. The van der Waals surface area contributed by atoms with Gasteiger partial charge in [0.1, 0.15) is 5.75 Å². The van der Waals surface area contributed by atoms with Crippen molar-refractivity contribution in [3.05, 3.63) is 64.7 Å². The number of benzene rings is 2. The third-order valence-electron chi connectivity index (χ3n) is 4.95. The van der Waals surface area contributed by atoms with Gasteiger partial charge in [0, 0.05) is 24.7 Å². The lowest BCUT2D eigenvalue weighted by Gasteiger charge is -2.41. The molecule has 5 heteroatoms. The number of hydrogen-bond donors (Lipinski definition) is 2. The average molecular weight is 373 g/mol. The van der Waals surface area contributed by atoms with E-state index >= 15 is 0 Å². The van der Waals surface area contributed by atoms with Crippen LogP contribution in [0.25, 0.3) is 0 Å². The van der Waals surface area contributed by atoms with Gasteiger partial charge in [0.25, 0.3) is 0 Å². The molecule has 138 valence electrons. The fourth-order valence-corrected chi connectivity index (χ4v) is 3.39. The molecule has 2 aromatic rings. The maximum atomic E-state index is 12.7. The van der Waals surface area contributed by atoms with Crippen LogP contribution in [0.2, 0.25) is 5.02 Å². The summed E-state index contributed by atoms with van der Waals surface area (Å²) in [5.74, 6) is 1.00. The van der Waals surface area contributed by atoms with E-state index in [-0.39, 0.29) is 11.3 Å². The van der Waals surface area contributed by atoms with Gasteiger partial charge >= 0.3 is 0 Å². The van der Waals surface area contributed by atoms with Gasteiger partial charge < -0.3 is 15.4 Å². The van der Waals surface area contributed by atoms with E-state index in [1.54, 1.807) is 7.11 Å². The number of rotatable bonds is 8. The summed E-state index contributed by atoms with van der Waals surface area (Å²) >= 11 is 5.95. The van der Waals surface area contributed by atoms with Crippen molar-refractivity contribution < 1.29 is 9.53 Å². The molecular weight excluding hydrogens is 348 g/mol. The van der Waals surface area contributed by atoms with E-state index in [0.717, 1.165) is 48.7 Å². The molecule has 0 bridgehead atoms. The molecule has 3 rings (SSSR count). The summed E-state index contributed by atoms with van der Waals surface area (Å²) in [5.41, 5.74) is 2.05. The van der Waals surface area contributed by atoms with Crippen LogP contribution in [0.1, 0.15) is 17.5 Å². The third-order valence-corrected chi connectivity index (χ3v) is 5.20. The first-order valence-corrected chi connectivity index (χ1v) is 9.35.